The highest BCUT2D eigenvalue weighted by Gasteiger charge is 2.14. The number of alkyl halides is 1. The van der Waals surface area contributed by atoms with E-state index in [1.165, 1.54) is 11.1 Å². The van der Waals surface area contributed by atoms with Gasteiger partial charge < -0.3 is 4.90 Å². The van der Waals surface area contributed by atoms with Crippen LogP contribution in [0.2, 0.25) is 0 Å². The fraction of sp³-hybridized carbons (Fsp3) is 0.158. The molecule has 3 rings (SSSR count). The number of rotatable bonds is 6. The molecule has 0 aliphatic rings. The molecule has 0 aliphatic carbocycles. The van der Waals surface area contributed by atoms with Gasteiger partial charge in [-0.15, -0.1) is 11.6 Å². The molecule has 1 heterocycles. The van der Waals surface area contributed by atoms with Crippen molar-refractivity contribution in [1.82, 2.24) is 9.97 Å². The van der Waals surface area contributed by atoms with Crippen LogP contribution < -0.4 is 4.90 Å². The zero-order valence-electron chi connectivity index (χ0n) is 12.8. The summed E-state index contributed by atoms with van der Waals surface area (Å²) in [5.41, 5.74) is 3.42. The van der Waals surface area contributed by atoms with Crippen LogP contribution in [0, 0.1) is 0 Å². The largest absolute Gasteiger partial charge is 0.348 e. The molecule has 0 N–H and O–H groups in total. The first-order valence-electron chi connectivity index (χ1n) is 7.54. The van der Waals surface area contributed by atoms with E-state index in [1.807, 2.05) is 12.1 Å². The summed E-state index contributed by atoms with van der Waals surface area (Å²) in [6.07, 6.45) is 3.37. The lowest BCUT2D eigenvalue weighted by atomic mass is 10.1. The zero-order valence-corrected chi connectivity index (χ0v) is 13.5. The summed E-state index contributed by atoms with van der Waals surface area (Å²) in [5, 5.41) is 0. The van der Waals surface area contributed by atoms with Crippen LogP contribution >= 0.6 is 11.6 Å². The number of anilines is 1. The summed E-state index contributed by atoms with van der Waals surface area (Å²) in [6.45, 7) is 1.55. The molecular weight excluding hydrogens is 306 g/mol. The Bertz CT molecular complexity index is 690. The van der Waals surface area contributed by atoms with E-state index in [0.29, 0.717) is 5.88 Å². The fourth-order valence-electron chi connectivity index (χ4n) is 2.54. The van der Waals surface area contributed by atoms with Crippen LogP contribution in [0.1, 0.15) is 16.7 Å². The van der Waals surface area contributed by atoms with Gasteiger partial charge in [0.25, 0.3) is 0 Å². The Labute approximate surface area is 141 Å². The van der Waals surface area contributed by atoms with Crippen molar-refractivity contribution in [2.45, 2.75) is 19.0 Å². The minimum Gasteiger partial charge on any atom is -0.348 e. The Kier molecular flexibility index (Phi) is 5.22. The van der Waals surface area contributed by atoms with E-state index in [1.54, 1.807) is 12.5 Å². The highest BCUT2D eigenvalue weighted by atomic mass is 35.5. The second kappa shape index (κ2) is 7.75. The molecule has 116 valence electrons. The first kappa shape index (κ1) is 15.5. The number of benzene rings is 2. The van der Waals surface area contributed by atoms with Crippen LogP contribution in [0.15, 0.2) is 73.2 Å². The van der Waals surface area contributed by atoms with Gasteiger partial charge in [0.15, 0.2) is 0 Å². The summed E-state index contributed by atoms with van der Waals surface area (Å²) in [5.74, 6) is 1.29. The van der Waals surface area contributed by atoms with Crippen molar-refractivity contribution >= 4 is 17.4 Å². The van der Waals surface area contributed by atoms with Gasteiger partial charge in [-0.05, 0) is 11.1 Å². The standard InChI is InChI=1S/C19H18ClN3/c20-11-18-12-21-15-22-19(18)23(13-16-7-3-1-4-8-16)14-17-9-5-2-6-10-17/h1-10,12,15H,11,13-14H2. The van der Waals surface area contributed by atoms with E-state index in [9.17, 15) is 0 Å². The monoisotopic (exact) mass is 323 g/mol. The molecule has 0 radical (unpaired) electrons. The van der Waals surface area contributed by atoms with E-state index < -0.39 is 0 Å². The van der Waals surface area contributed by atoms with Crippen molar-refractivity contribution < 1.29 is 0 Å². The molecule has 0 unspecified atom stereocenters. The summed E-state index contributed by atoms with van der Waals surface area (Å²) < 4.78 is 0. The van der Waals surface area contributed by atoms with E-state index in [-0.39, 0.29) is 0 Å². The average molecular weight is 324 g/mol. The molecule has 0 aliphatic heterocycles. The number of hydrogen-bond donors (Lipinski definition) is 0. The topological polar surface area (TPSA) is 29.0 Å². The van der Waals surface area contributed by atoms with Crippen molar-refractivity contribution in [3.63, 3.8) is 0 Å². The van der Waals surface area contributed by atoms with Crippen LogP contribution in [0.4, 0.5) is 5.82 Å². The Morgan fingerprint density at radius 1 is 0.826 bits per heavy atom. The maximum absolute atomic E-state index is 6.08. The number of hydrogen-bond acceptors (Lipinski definition) is 3. The van der Waals surface area contributed by atoms with Crippen molar-refractivity contribution in [2.75, 3.05) is 4.90 Å². The number of aromatic nitrogens is 2. The maximum Gasteiger partial charge on any atom is 0.136 e. The minimum atomic E-state index is 0.399. The summed E-state index contributed by atoms with van der Waals surface area (Å²) >= 11 is 6.08. The second-order valence-corrected chi connectivity index (χ2v) is 5.60. The van der Waals surface area contributed by atoms with Crippen molar-refractivity contribution in [1.29, 1.82) is 0 Å². The van der Waals surface area contributed by atoms with Crippen LogP contribution in [0.25, 0.3) is 0 Å². The van der Waals surface area contributed by atoms with E-state index in [0.717, 1.165) is 24.5 Å². The van der Waals surface area contributed by atoms with Crippen molar-refractivity contribution in [3.05, 3.63) is 89.9 Å². The molecule has 3 aromatic rings. The molecule has 0 amide bonds. The van der Waals surface area contributed by atoms with Gasteiger partial charge in [-0.2, -0.15) is 0 Å². The van der Waals surface area contributed by atoms with Crippen LogP contribution in [-0.4, -0.2) is 9.97 Å². The van der Waals surface area contributed by atoms with Crippen LogP contribution in [0.3, 0.4) is 0 Å². The molecule has 4 heteroatoms. The Morgan fingerprint density at radius 2 is 1.39 bits per heavy atom. The fourth-order valence-corrected chi connectivity index (χ4v) is 2.73. The molecule has 3 nitrogen and oxygen atoms in total. The first-order valence-corrected chi connectivity index (χ1v) is 8.08. The molecule has 23 heavy (non-hydrogen) atoms. The minimum absolute atomic E-state index is 0.399. The molecule has 2 aromatic carbocycles. The summed E-state index contributed by atoms with van der Waals surface area (Å²) in [7, 11) is 0. The molecular formula is C19H18ClN3. The van der Waals surface area contributed by atoms with Crippen LogP contribution in [0.5, 0.6) is 0 Å². The SMILES string of the molecule is ClCc1cncnc1N(Cc1ccccc1)Cc1ccccc1. The molecule has 1 aromatic heterocycles. The van der Waals surface area contributed by atoms with Gasteiger partial charge in [0, 0.05) is 24.8 Å². The first-order chi connectivity index (χ1) is 11.4. The average Bonchev–Trinajstić information content (AvgIpc) is 2.63. The molecule has 0 atom stereocenters. The lowest BCUT2D eigenvalue weighted by Gasteiger charge is -2.25. The quantitative estimate of drug-likeness (QED) is 0.629. The summed E-state index contributed by atoms with van der Waals surface area (Å²) in [6, 6.07) is 20.8. The zero-order chi connectivity index (χ0) is 15.9. The lowest BCUT2D eigenvalue weighted by molar-refractivity contribution is 0.774. The molecule has 0 bridgehead atoms. The molecule has 0 saturated carbocycles. The van der Waals surface area contributed by atoms with Gasteiger partial charge in [-0.1, -0.05) is 60.7 Å². The number of nitrogens with zero attached hydrogens (tertiary/aromatic N) is 3. The smallest absolute Gasteiger partial charge is 0.136 e. The third-order valence-corrected chi connectivity index (χ3v) is 3.93. The highest BCUT2D eigenvalue weighted by Crippen LogP contribution is 2.22. The highest BCUT2D eigenvalue weighted by molar-refractivity contribution is 6.17. The molecule has 0 fully saturated rings. The Hall–Kier alpha value is -2.39. The van der Waals surface area contributed by atoms with Gasteiger partial charge in [0.1, 0.15) is 12.1 Å². The van der Waals surface area contributed by atoms with Crippen LogP contribution in [-0.2, 0) is 19.0 Å². The van der Waals surface area contributed by atoms with E-state index in [4.69, 9.17) is 11.6 Å². The van der Waals surface area contributed by atoms with Gasteiger partial charge >= 0.3 is 0 Å². The third kappa shape index (κ3) is 4.08. The lowest BCUT2D eigenvalue weighted by Crippen LogP contribution is -2.24. The Morgan fingerprint density at radius 3 is 1.91 bits per heavy atom. The predicted molar refractivity (Wildman–Crippen MR) is 94.4 cm³/mol. The van der Waals surface area contributed by atoms with E-state index in [2.05, 4.69) is 63.4 Å². The normalized spacial score (nSPS) is 10.5. The molecule has 0 saturated heterocycles. The van der Waals surface area contributed by atoms with Gasteiger partial charge in [0.2, 0.25) is 0 Å². The van der Waals surface area contributed by atoms with Crippen molar-refractivity contribution in [3.8, 4) is 0 Å². The van der Waals surface area contributed by atoms with Crippen molar-refractivity contribution in [2.24, 2.45) is 0 Å². The summed E-state index contributed by atoms with van der Waals surface area (Å²) in [4.78, 5) is 10.8. The van der Waals surface area contributed by atoms with E-state index >= 15 is 0 Å². The van der Waals surface area contributed by atoms with Gasteiger partial charge in [0.05, 0.1) is 5.88 Å². The second-order valence-electron chi connectivity index (χ2n) is 5.33. The Balaban J connectivity index is 1.92. The number of halogens is 1. The predicted octanol–water partition coefficient (Wildman–Crippen LogP) is 4.42. The molecule has 0 spiro atoms. The van der Waals surface area contributed by atoms with Gasteiger partial charge in [-0.3, -0.25) is 0 Å². The third-order valence-electron chi connectivity index (χ3n) is 3.64. The van der Waals surface area contributed by atoms with Gasteiger partial charge in [-0.25, -0.2) is 9.97 Å². The maximum atomic E-state index is 6.08.